The summed E-state index contributed by atoms with van der Waals surface area (Å²) in [5.41, 5.74) is -0.594. The van der Waals surface area contributed by atoms with Crippen molar-refractivity contribution in [1.29, 1.82) is 0 Å². The number of ether oxygens (including phenoxy) is 5. The normalized spacial score (nSPS) is 24.9. The number of carbonyl (C=O) groups is 1. The Morgan fingerprint density at radius 2 is 1.85 bits per heavy atom. The topological polar surface area (TPSA) is 83.5 Å². The molecule has 0 radical (unpaired) electrons. The number of esters is 1. The largest absolute Gasteiger partial charge is 0.497 e. The minimum atomic E-state index is -1.57. The Hall–Kier alpha value is -1.67. The van der Waals surface area contributed by atoms with Crippen LogP contribution in [0.2, 0.25) is 0 Å². The van der Waals surface area contributed by atoms with Crippen LogP contribution in [-0.4, -0.2) is 55.5 Å². The van der Waals surface area contributed by atoms with Gasteiger partial charge in [0.2, 0.25) is 5.60 Å². The van der Waals surface area contributed by atoms with Gasteiger partial charge in [0.15, 0.2) is 5.79 Å². The van der Waals surface area contributed by atoms with E-state index >= 15 is 0 Å². The van der Waals surface area contributed by atoms with Gasteiger partial charge < -0.3 is 28.8 Å². The van der Waals surface area contributed by atoms with E-state index in [1.807, 2.05) is 38.1 Å². The van der Waals surface area contributed by atoms with Gasteiger partial charge in [0, 0.05) is 5.92 Å². The minimum Gasteiger partial charge on any atom is -0.497 e. The van der Waals surface area contributed by atoms with E-state index in [0.717, 1.165) is 11.3 Å². The lowest BCUT2D eigenvalue weighted by molar-refractivity contribution is -0.214. The van der Waals surface area contributed by atoms with E-state index in [0.29, 0.717) is 6.61 Å². The monoisotopic (exact) mass is 382 g/mol. The van der Waals surface area contributed by atoms with E-state index < -0.39 is 29.4 Å². The molecule has 0 bridgehead atoms. The van der Waals surface area contributed by atoms with Gasteiger partial charge in [0.25, 0.3) is 0 Å². The summed E-state index contributed by atoms with van der Waals surface area (Å²) in [4.78, 5) is 12.4. The molecule has 4 atom stereocenters. The van der Waals surface area contributed by atoms with Crippen LogP contribution < -0.4 is 4.74 Å². The number of benzene rings is 1. The molecular weight excluding hydrogens is 352 g/mol. The summed E-state index contributed by atoms with van der Waals surface area (Å²) in [6, 6.07) is 7.55. The average molecular weight is 382 g/mol. The lowest BCUT2D eigenvalue weighted by Crippen LogP contribution is -2.57. The molecule has 1 aliphatic heterocycles. The molecule has 0 aliphatic carbocycles. The van der Waals surface area contributed by atoms with Crippen molar-refractivity contribution in [1.82, 2.24) is 0 Å². The van der Waals surface area contributed by atoms with Crippen LogP contribution in [0, 0.1) is 5.92 Å². The third-order valence-electron chi connectivity index (χ3n) is 4.98. The Labute approximate surface area is 160 Å². The van der Waals surface area contributed by atoms with Crippen LogP contribution >= 0.6 is 0 Å². The average Bonchev–Trinajstić information content (AvgIpc) is 3.01. The van der Waals surface area contributed by atoms with E-state index in [1.165, 1.54) is 7.11 Å². The molecule has 7 nitrogen and oxygen atoms in total. The number of hydrogen-bond donors (Lipinski definition) is 1. The quantitative estimate of drug-likeness (QED) is 0.691. The van der Waals surface area contributed by atoms with Gasteiger partial charge in [-0.25, -0.2) is 4.79 Å². The van der Waals surface area contributed by atoms with Crippen molar-refractivity contribution in [2.45, 2.75) is 57.9 Å². The van der Waals surface area contributed by atoms with E-state index in [-0.39, 0.29) is 12.7 Å². The molecule has 1 N–H and O–H groups in total. The molecule has 1 aromatic carbocycles. The van der Waals surface area contributed by atoms with E-state index in [2.05, 4.69) is 0 Å². The number of aliphatic hydroxyl groups is 1. The summed E-state index contributed by atoms with van der Waals surface area (Å²) in [5, 5.41) is 10.9. The van der Waals surface area contributed by atoms with Crippen LogP contribution in [0.4, 0.5) is 0 Å². The fourth-order valence-electron chi connectivity index (χ4n) is 3.10. The Morgan fingerprint density at radius 1 is 1.22 bits per heavy atom. The first-order valence-corrected chi connectivity index (χ1v) is 9.00. The van der Waals surface area contributed by atoms with Gasteiger partial charge in [-0.15, -0.1) is 0 Å². The number of carbonyl (C=O) groups excluding carboxylic acids is 1. The minimum absolute atomic E-state index is 0.0800. The summed E-state index contributed by atoms with van der Waals surface area (Å²) in [5.74, 6) is -1.27. The Bertz CT molecular complexity index is 628. The molecule has 0 saturated carbocycles. The first-order valence-electron chi connectivity index (χ1n) is 9.00. The zero-order valence-corrected chi connectivity index (χ0v) is 16.9. The van der Waals surface area contributed by atoms with Crippen molar-refractivity contribution in [3.8, 4) is 5.75 Å². The molecule has 1 heterocycles. The molecule has 0 spiro atoms. The third kappa shape index (κ3) is 4.79. The SMILES string of the molecule is COC(=O)[C@]1([C@@H](O)[C@H](C)[C@@H](C)OCc2ccc(OC)cc2)COC(C)(C)O1. The molecule has 0 unspecified atom stereocenters. The van der Waals surface area contributed by atoms with Gasteiger partial charge in [-0.05, 0) is 38.5 Å². The predicted molar refractivity (Wildman–Crippen MR) is 98.3 cm³/mol. The second-order valence-corrected chi connectivity index (χ2v) is 7.34. The van der Waals surface area contributed by atoms with Gasteiger partial charge in [-0.2, -0.15) is 0 Å². The van der Waals surface area contributed by atoms with Crippen LogP contribution in [0.5, 0.6) is 5.75 Å². The highest BCUT2D eigenvalue weighted by Gasteiger charge is 2.58. The second-order valence-electron chi connectivity index (χ2n) is 7.34. The van der Waals surface area contributed by atoms with E-state index in [4.69, 9.17) is 23.7 Å². The van der Waals surface area contributed by atoms with Gasteiger partial charge in [0.05, 0.1) is 33.5 Å². The van der Waals surface area contributed by atoms with Crippen molar-refractivity contribution >= 4 is 5.97 Å². The first kappa shape index (κ1) is 21.6. The van der Waals surface area contributed by atoms with Gasteiger partial charge >= 0.3 is 5.97 Å². The maximum absolute atomic E-state index is 12.4. The zero-order chi connectivity index (χ0) is 20.2. The van der Waals surface area contributed by atoms with Crippen LogP contribution in [0.1, 0.15) is 33.3 Å². The molecule has 1 fully saturated rings. The maximum atomic E-state index is 12.4. The second kappa shape index (κ2) is 8.56. The molecule has 7 heteroatoms. The lowest BCUT2D eigenvalue weighted by Gasteiger charge is -2.36. The summed E-state index contributed by atoms with van der Waals surface area (Å²) >= 11 is 0. The standard InChI is InChI=1S/C20H30O7/c1-13(14(2)25-11-15-7-9-16(23-5)10-8-15)17(21)20(18(22)24-6)12-26-19(3,4)27-20/h7-10,13-14,17,21H,11-12H2,1-6H3/t13-,14-,17+,20-/m1/s1. The first-order chi connectivity index (χ1) is 12.6. The van der Waals surface area contributed by atoms with Gasteiger partial charge in [-0.3, -0.25) is 0 Å². The van der Waals surface area contributed by atoms with Crippen LogP contribution in [0.3, 0.4) is 0 Å². The number of hydrogen-bond acceptors (Lipinski definition) is 7. The smallest absolute Gasteiger partial charge is 0.343 e. The van der Waals surface area contributed by atoms with Crippen molar-refractivity contribution in [2.24, 2.45) is 5.92 Å². The van der Waals surface area contributed by atoms with Gasteiger partial charge in [-0.1, -0.05) is 19.1 Å². The van der Waals surface area contributed by atoms with E-state index in [9.17, 15) is 9.90 Å². The molecule has 1 saturated heterocycles. The highest BCUT2D eigenvalue weighted by atomic mass is 16.8. The van der Waals surface area contributed by atoms with Crippen LogP contribution in [-0.2, 0) is 30.3 Å². The molecule has 1 aromatic rings. The van der Waals surface area contributed by atoms with Crippen LogP contribution in [0.15, 0.2) is 24.3 Å². The molecule has 0 aromatic heterocycles. The predicted octanol–water partition coefficient (Wildman–Crippen LogP) is 2.29. The van der Waals surface area contributed by atoms with Crippen LogP contribution in [0.25, 0.3) is 0 Å². The van der Waals surface area contributed by atoms with Crippen molar-refractivity contribution in [2.75, 3.05) is 20.8 Å². The molecule has 152 valence electrons. The molecule has 1 aliphatic rings. The highest BCUT2D eigenvalue weighted by Crippen LogP contribution is 2.38. The number of aliphatic hydroxyl groups excluding tert-OH is 1. The summed E-state index contributed by atoms with van der Waals surface area (Å²) < 4.78 is 27.3. The molecule has 0 amide bonds. The van der Waals surface area contributed by atoms with E-state index in [1.54, 1.807) is 21.0 Å². The summed E-state index contributed by atoms with van der Waals surface area (Å²) in [7, 11) is 2.88. The Morgan fingerprint density at radius 3 is 2.33 bits per heavy atom. The lowest BCUT2D eigenvalue weighted by atomic mass is 9.85. The summed E-state index contributed by atoms with van der Waals surface area (Å²) in [6.45, 7) is 7.34. The fraction of sp³-hybridized carbons (Fsp3) is 0.650. The third-order valence-corrected chi connectivity index (χ3v) is 4.98. The van der Waals surface area contributed by atoms with Gasteiger partial charge in [0.1, 0.15) is 11.9 Å². The fourth-order valence-corrected chi connectivity index (χ4v) is 3.10. The number of rotatable bonds is 8. The summed E-state index contributed by atoms with van der Waals surface area (Å²) in [6.07, 6.45) is -1.49. The van der Waals surface area contributed by atoms with Crippen molar-refractivity contribution in [3.63, 3.8) is 0 Å². The molecular formula is C20H30O7. The van der Waals surface area contributed by atoms with Crippen molar-refractivity contribution in [3.05, 3.63) is 29.8 Å². The molecule has 27 heavy (non-hydrogen) atoms. The van der Waals surface area contributed by atoms with Crippen molar-refractivity contribution < 1.29 is 33.6 Å². The Balaban J connectivity index is 2.04. The molecule has 2 rings (SSSR count). The zero-order valence-electron chi connectivity index (χ0n) is 16.9. The maximum Gasteiger partial charge on any atom is 0.343 e. The number of methoxy groups -OCH3 is 2. The highest BCUT2D eigenvalue weighted by molar-refractivity contribution is 5.81. The Kier molecular flexibility index (Phi) is 6.86.